The highest BCUT2D eigenvalue weighted by Crippen LogP contribution is 2.19. The van der Waals surface area contributed by atoms with E-state index >= 15 is 0 Å². The number of nitrogens with two attached hydrogens (primary N) is 1. The lowest BCUT2D eigenvalue weighted by Gasteiger charge is -2.34. The van der Waals surface area contributed by atoms with Crippen molar-refractivity contribution in [3.8, 4) is 0 Å². The van der Waals surface area contributed by atoms with Crippen LogP contribution in [0.25, 0.3) is 0 Å². The number of aromatic nitrogens is 1. The summed E-state index contributed by atoms with van der Waals surface area (Å²) in [7, 11) is 1.73. The molecule has 1 saturated heterocycles. The fourth-order valence-electron chi connectivity index (χ4n) is 2.99. The van der Waals surface area contributed by atoms with Crippen LogP contribution < -0.4 is 16.4 Å². The summed E-state index contributed by atoms with van der Waals surface area (Å²) in [6.07, 6.45) is 5.60. The number of hydrogen-bond acceptors (Lipinski definition) is 4. The van der Waals surface area contributed by atoms with E-state index in [2.05, 4.69) is 25.5 Å². The van der Waals surface area contributed by atoms with Crippen LogP contribution in [-0.2, 0) is 4.79 Å². The minimum Gasteiger partial charge on any atom is -0.370 e. The molecule has 8 heteroatoms. The molecule has 0 radical (unpaired) electrons. The van der Waals surface area contributed by atoms with Gasteiger partial charge in [-0.1, -0.05) is 0 Å². The van der Waals surface area contributed by atoms with Gasteiger partial charge >= 0.3 is 0 Å². The first-order valence-corrected chi connectivity index (χ1v) is 8.52. The maximum Gasteiger partial charge on any atom is 0.252 e. The Balaban J connectivity index is 1.74. The number of primary amides is 1. The lowest BCUT2D eigenvalue weighted by Crippen LogP contribution is -2.48. The molecule has 1 aromatic heterocycles. The minimum atomic E-state index is -0.257. The first-order chi connectivity index (χ1) is 12.1. The summed E-state index contributed by atoms with van der Waals surface area (Å²) in [6, 6.07) is 3.45. The van der Waals surface area contributed by atoms with Gasteiger partial charge in [0.25, 0.3) is 5.91 Å². The van der Waals surface area contributed by atoms with Gasteiger partial charge in [-0.2, -0.15) is 0 Å². The molecule has 1 unspecified atom stereocenters. The van der Waals surface area contributed by atoms with E-state index in [-0.39, 0.29) is 17.7 Å². The number of amides is 2. The highest BCUT2D eigenvalue weighted by atomic mass is 16.2. The van der Waals surface area contributed by atoms with E-state index in [1.165, 1.54) is 6.20 Å². The first-order valence-electron chi connectivity index (χ1n) is 8.52. The Kier molecular flexibility index (Phi) is 7.18. The minimum absolute atomic E-state index is 0.149. The summed E-state index contributed by atoms with van der Waals surface area (Å²) in [4.78, 5) is 33.4. The molecular formula is C17H26N6O2. The van der Waals surface area contributed by atoms with Crippen molar-refractivity contribution in [2.75, 3.05) is 33.2 Å². The fourth-order valence-corrected chi connectivity index (χ4v) is 2.99. The van der Waals surface area contributed by atoms with Gasteiger partial charge in [0.1, 0.15) is 0 Å². The highest BCUT2D eigenvalue weighted by molar-refractivity contribution is 5.93. The van der Waals surface area contributed by atoms with Crippen molar-refractivity contribution in [2.24, 2.45) is 16.6 Å². The number of aliphatic imine (C=N–C) groups is 1. The number of nitrogens with one attached hydrogen (secondary N) is 2. The van der Waals surface area contributed by atoms with E-state index in [9.17, 15) is 9.59 Å². The lowest BCUT2D eigenvalue weighted by atomic mass is 9.95. The number of carbonyl (C=O) groups excluding carboxylic acids is 2. The molecule has 1 aromatic rings. The molecule has 2 rings (SSSR count). The van der Waals surface area contributed by atoms with Gasteiger partial charge < -0.3 is 21.3 Å². The summed E-state index contributed by atoms with van der Waals surface area (Å²) < 4.78 is 0. The molecule has 2 heterocycles. The van der Waals surface area contributed by atoms with Gasteiger partial charge in [0.15, 0.2) is 5.96 Å². The molecule has 0 aliphatic carbocycles. The lowest BCUT2D eigenvalue weighted by molar-refractivity contribution is -0.119. The molecular weight excluding hydrogens is 320 g/mol. The van der Waals surface area contributed by atoms with Crippen LogP contribution in [0.2, 0.25) is 0 Å². The Morgan fingerprint density at radius 3 is 2.88 bits per heavy atom. The topological polar surface area (TPSA) is 113 Å². The van der Waals surface area contributed by atoms with Gasteiger partial charge in [0.2, 0.25) is 5.91 Å². The van der Waals surface area contributed by atoms with Crippen LogP contribution in [0.1, 0.15) is 29.6 Å². The van der Waals surface area contributed by atoms with Gasteiger partial charge in [0.05, 0.1) is 5.56 Å². The van der Waals surface area contributed by atoms with Gasteiger partial charge in [0, 0.05) is 52.0 Å². The standard InChI is InChI=1S/C17H26N6O2/c1-19-17(23-9-3-4-13(12-23)10-15(18)24)22-8-7-21-16(25)14-5-2-6-20-11-14/h2,5-6,11,13H,3-4,7-10,12H2,1H3,(H2,18,24)(H,19,22)(H,21,25). The van der Waals surface area contributed by atoms with Crippen molar-refractivity contribution in [3.63, 3.8) is 0 Å². The predicted molar refractivity (Wildman–Crippen MR) is 96.0 cm³/mol. The molecule has 1 fully saturated rings. The molecule has 1 aliphatic heterocycles. The summed E-state index contributed by atoms with van der Waals surface area (Å²) in [5.74, 6) is 0.650. The summed E-state index contributed by atoms with van der Waals surface area (Å²) in [6.45, 7) is 2.71. The molecule has 136 valence electrons. The number of rotatable bonds is 6. The van der Waals surface area contributed by atoms with Crippen LogP contribution in [0.5, 0.6) is 0 Å². The number of likely N-dealkylation sites (tertiary alicyclic amines) is 1. The third-order valence-corrected chi connectivity index (χ3v) is 4.14. The molecule has 0 spiro atoms. The third kappa shape index (κ3) is 6.06. The van der Waals surface area contributed by atoms with E-state index in [0.717, 1.165) is 31.9 Å². The first kappa shape index (κ1) is 18.7. The van der Waals surface area contributed by atoms with Crippen molar-refractivity contribution >= 4 is 17.8 Å². The molecule has 1 aliphatic rings. The summed E-state index contributed by atoms with van der Waals surface area (Å²) >= 11 is 0. The second-order valence-corrected chi connectivity index (χ2v) is 6.10. The Morgan fingerprint density at radius 2 is 2.20 bits per heavy atom. The predicted octanol–water partition coefficient (Wildman–Crippen LogP) is -0.0258. The summed E-state index contributed by atoms with van der Waals surface area (Å²) in [5.41, 5.74) is 5.84. The maximum absolute atomic E-state index is 11.9. The Morgan fingerprint density at radius 1 is 1.40 bits per heavy atom. The number of guanidine groups is 1. The fraction of sp³-hybridized carbons (Fsp3) is 0.529. The number of carbonyl (C=O) groups is 2. The van der Waals surface area contributed by atoms with Gasteiger partial charge in [-0.05, 0) is 30.9 Å². The highest BCUT2D eigenvalue weighted by Gasteiger charge is 2.23. The molecule has 0 aromatic carbocycles. The van der Waals surface area contributed by atoms with E-state index in [1.807, 2.05) is 0 Å². The van der Waals surface area contributed by atoms with Crippen LogP contribution in [0.15, 0.2) is 29.5 Å². The second kappa shape index (κ2) is 9.61. The van der Waals surface area contributed by atoms with Gasteiger partial charge in [-0.15, -0.1) is 0 Å². The monoisotopic (exact) mass is 346 g/mol. The number of piperidine rings is 1. The zero-order valence-electron chi connectivity index (χ0n) is 14.6. The number of nitrogens with zero attached hydrogens (tertiary/aromatic N) is 3. The van der Waals surface area contributed by atoms with Crippen molar-refractivity contribution in [1.82, 2.24) is 20.5 Å². The normalized spacial score (nSPS) is 17.9. The van der Waals surface area contributed by atoms with Gasteiger partial charge in [-0.25, -0.2) is 0 Å². The van der Waals surface area contributed by atoms with Crippen LogP contribution >= 0.6 is 0 Å². The Labute approximate surface area is 147 Å². The Hall–Kier alpha value is -2.64. The number of pyridine rings is 1. The van der Waals surface area contributed by atoms with E-state index < -0.39 is 0 Å². The number of hydrogen-bond donors (Lipinski definition) is 3. The quantitative estimate of drug-likeness (QED) is 0.380. The van der Waals surface area contributed by atoms with Crippen molar-refractivity contribution in [1.29, 1.82) is 0 Å². The van der Waals surface area contributed by atoms with Crippen LogP contribution in [0.4, 0.5) is 0 Å². The second-order valence-electron chi connectivity index (χ2n) is 6.10. The van der Waals surface area contributed by atoms with Crippen molar-refractivity contribution < 1.29 is 9.59 Å². The average Bonchev–Trinajstić information content (AvgIpc) is 2.62. The molecule has 0 saturated carbocycles. The molecule has 2 amide bonds. The van der Waals surface area contributed by atoms with Crippen molar-refractivity contribution in [2.45, 2.75) is 19.3 Å². The smallest absolute Gasteiger partial charge is 0.252 e. The average molecular weight is 346 g/mol. The Bertz CT molecular complexity index is 604. The largest absolute Gasteiger partial charge is 0.370 e. The zero-order chi connectivity index (χ0) is 18.1. The SMILES string of the molecule is CN=C(NCCNC(=O)c1cccnc1)N1CCCC(CC(N)=O)C1. The third-order valence-electron chi connectivity index (χ3n) is 4.14. The van der Waals surface area contributed by atoms with E-state index in [0.29, 0.717) is 25.1 Å². The molecule has 8 nitrogen and oxygen atoms in total. The maximum atomic E-state index is 11.9. The van der Waals surface area contributed by atoms with Crippen LogP contribution in [0, 0.1) is 5.92 Å². The molecule has 0 bridgehead atoms. The molecule has 1 atom stereocenters. The summed E-state index contributed by atoms with van der Waals surface area (Å²) in [5, 5.41) is 6.09. The van der Waals surface area contributed by atoms with Gasteiger partial charge in [-0.3, -0.25) is 19.6 Å². The van der Waals surface area contributed by atoms with Crippen LogP contribution in [0.3, 0.4) is 0 Å². The van der Waals surface area contributed by atoms with Crippen molar-refractivity contribution in [3.05, 3.63) is 30.1 Å². The van der Waals surface area contributed by atoms with Crippen LogP contribution in [-0.4, -0.2) is 60.9 Å². The zero-order valence-corrected chi connectivity index (χ0v) is 14.6. The van der Waals surface area contributed by atoms with E-state index in [4.69, 9.17) is 5.73 Å². The molecule has 25 heavy (non-hydrogen) atoms. The molecule has 4 N–H and O–H groups in total. The van der Waals surface area contributed by atoms with E-state index in [1.54, 1.807) is 25.4 Å².